The summed E-state index contributed by atoms with van der Waals surface area (Å²) in [5.41, 5.74) is 1.10. The molecule has 0 aliphatic heterocycles. The zero-order chi connectivity index (χ0) is 15.4. The molecule has 1 aromatic carbocycles. The van der Waals surface area contributed by atoms with Crippen molar-refractivity contribution in [1.82, 2.24) is 4.57 Å². The molecule has 6 nitrogen and oxygen atoms in total. The van der Waals surface area contributed by atoms with E-state index in [0.717, 1.165) is 6.42 Å². The normalized spacial score (nSPS) is 10.1. The van der Waals surface area contributed by atoms with Gasteiger partial charge in [-0.15, -0.1) is 0 Å². The number of hydrogen-bond acceptors (Lipinski definition) is 4. The lowest BCUT2D eigenvalue weighted by atomic mass is 10.1. The van der Waals surface area contributed by atoms with Gasteiger partial charge in [0.05, 0.1) is 10.6 Å². The molecule has 6 heteroatoms. The van der Waals surface area contributed by atoms with Gasteiger partial charge < -0.3 is 4.57 Å². The summed E-state index contributed by atoms with van der Waals surface area (Å²) in [7, 11) is 0. The van der Waals surface area contributed by atoms with E-state index in [1.165, 1.54) is 22.8 Å². The first-order chi connectivity index (χ1) is 10.1. The first kappa shape index (κ1) is 14.5. The Balaban J connectivity index is 2.58. The van der Waals surface area contributed by atoms with Crippen LogP contribution in [0.4, 0.5) is 5.69 Å². The average Bonchev–Trinajstić information content (AvgIpc) is 2.49. The van der Waals surface area contributed by atoms with Crippen LogP contribution in [0.15, 0.2) is 41.2 Å². The van der Waals surface area contributed by atoms with Crippen LogP contribution in [0.5, 0.6) is 0 Å². The molecule has 2 aromatic rings. The summed E-state index contributed by atoms with van der Waals surface area (Å²) in [6.07, 6.45) is 0.745. The maximum absolute atomic E-state index is 12.2. The summed E-state index contributed by atoms with van der Waals surface area (Å²) in [5, 5.41) is 19.6. The summed E-state index contributed by atoms with van der Waals surface area (Å²) in [6.45, 7) is 2.42. The lowest BCUT2D eigenvalue weighted by molar-refractivity contribution is -0.384. The summed E-state index contributed by atoms with van der Waals surface area (Å²) >= 11 is 0. The molecule has 0 bridgehead atoms. The Morgan fingerprint density at radius 1 is 1.24 bits per heavy atom. The minimum atomic E-state index is -0.471. The maximum Gasteiger partial charge on any atom is 0.269 e. The van der Waals surface area contributed by atoms with E-state index in [1.807, 2.05) is 13.0 Å². The minimum absolute atomic E-state index is 0.00298. The van der Waals surface area contributed by atoms with Crippen molar-refractivity contribution >= 4 is 5.69 Å². The van der Waals surface area contributed by atoms with Crippen LogP contribution in [0, 0.1) is 21.4 Å². The van der Waals surface area contributed by atoms with Gasteiger partial charge in [-0.2, -0.15) is 5.26 Å². The summed E-state index contributed by atoms with van der Waals surface area (Å²) in [4.78, 5) is 22.4. The smallest absolute Gasteiger partial charge is 0.269 e. The van der Waals surface area contributed by atoms with Gasteiger partial charge in [0.15, 0.2) is 0 Å². The molecule has 0 amide bonds. The van der Waals surface area contributed by atoms with Crippen molar-refractivity contribution in [2.45, 2.75) is 19.9 Å². The molecule has 0 unspecified atom stereocenters. The fourth-order valence-corrected chi connectivity index (χ4v) is 2.11. The van der Waals surface area contributed by atoms with Gasteiger partial charge in [-0.25, -0.2) is 0 Å². The Morgan fingerprint density at radius 3 is 2.43 bits per heavy atom. The summed E-state index contributed by atoms with van der Waals surface area (Å²) < 4.78 is 1.53. The van der Waals surface area contributed by atoms with Crippen molar-refractivity contribution in [2.24, 2.45) is 0 Å². The third-order valence-corrected chi connectivity index (χ3v) is 3.12. The first-order valence-corrected chi connectivity index (χ1v) is 6.47. The number of benzene rings is 1. The van der Waals surface area contributed by atoms with Gasteiger partial charge in [0.1, 0.15) is 11.6 Å². The zero-order valence-corrected chi connectivity index (χ0v) is 11.4. The molecule has 0 aliphatic rings. The van der Waals surface area contributed by atoms with Crippen LogP contribution in [-0.2, 0) is 6.54 Å². The number of rotatable bonds is 4. The zero-order valence-electron chi connectivity index (χ0n) is 11.4. The lowest BCUT2D eigenvalue weighted by Crippen LogP contribution is -2.23. The Kier molecular flexibility index (Phi) is 4.14. The third-order valence-electron chi connectivity index (χ3n) is 3.12. The molecule has 0 atom stereocenters. The van der Waals surface area contributed by atoms with Gasteiger partial charge in [0, 0.05) is 18.7 Å². The highest BCUT2D eigenvalue weighted by atomic mass is 16.6. The molecule has 0 fully saturated rings. The predicted octanol–water partition coefficient (Wildman–Crippen LogP) is 2.71. The van der Waals surface area contributed by atoms with E-state index in [1.54, 1.807) is 18.2 Å². The molecule has 0 radical (unpaired) electrons. The van der Waals surface area contributed by atoms with E-state index in [9.17, 15) is 14.9 Å². The number of nitro benzene ring substituents is 1. The molecule has 2 rings (SSSR count). The predicted molar refractivity (Wildman–Crippen MR) is 77.8 cm³/mol. The van der Waals surface area contributed by atoms with Crippen LogP contribution in [0.1, 0.15) is 18.9 Å². The van der Waals surface area contributed by atoms with Gasteiger partial charge in [-0.1, -0.05) is 6.92 Å². The maximum atomic E-state index is 12.2. The third kappa shape index (κ3) is 2.82. The van der Waals surface area contributed by atoms with E-state index in [0.29, 0.717) is 17.8 Å². The van der Waals surface area contributed by atoms with Crippen molar-refractivity contribution in [1.29, 1.82) is 5.26 Å². The molecule has 0 saturated carbocycles. The highest BCUT2D eigenvalue weighted by Gasteiger charge is 2.11. The number of pyridine rings is 1. The van der Waals surface area contributed by atoms with Crippen molar-refractivity contribution in [2.75, 3.05) is 0 Å². The Hall–Kier alpha value is -2.94. The second-order valence-corrected chi connectivity index (χ2v) is 4.50. The molecule has 106 valence electrons. The van der Waals surface area contributed by atoms with Gasteiger partial charge >= 0.3 is 0 Å². The number of nitriles is 1. The topological polar surface area (TPSA) is 88.9 Å². The molecular weight excluding hydrogens is 270 g/mol. The van der Waals surface area contributed by atoms with Gasteiger partial charge in [0.25, 0.3) is 11.2 Å². The van der Waals surface area contributed by atoms with E-state index < -0.39 is 4.92 Å². The molecule has 0 aliphatic carbocycles. The molecule has 0 N–H and O–H groups in total. The van der Waals surface area contributed by atoms with Gasteiger partial charge in [-0.3, -0.25) is 14.9 Å². The fraction of sp³-hybridized carbons (Fsp3) is 0.200. The number of hydrogen-bond donors (Lipinski definition) is 0. The van der Waals surface area contributed by atoms with Crippen molar-refractivity contribution in [3.05, 3.63) is 62.4 Å². The Labute approximate surface area is 121 Å². The highest BCUT2D eigenvalue weighted by molar-refractivity contribution is 5.62. The molecule has 1 heterocycles. The monoisotopic (exact) mass is 283 g/mol. The first-order valence-electron chi connectivity index (χ1n) is 6.47. The Bertz CT molecular complexity index is 770. The van der Waals surface area contributed by atoms with Gasteiger partial charge in [-0.05, 0) is 36.2 Å². The van der Waals surface area contributed by atoms with E-state index >= 15 is 0 Å². The van der Waals surface area contributed by atoms with Crippen LogP contribution in [-0.4, -0.2) is 9.49 Å². The number of aromatic nitrogens is 1. The highest BCUT2D eigenvalue weighted by Crippen LogP contribution is 2.22. The Morgan fingerprint density at radius 2 is 1.90 bits per heavy atom. The fourth-order valence-electron chi connectivity index (χ4n) is 2.11. The average molecular weight is 283 g/mol. The number of nitro groups is 1. The van der Waals surface area contributed by atoms with Crippen LogP contribution >= 0.6 is 0 Å². The molecule has 0 spiro atoms. The van der Waals surface area contributed by atoms with E-state index in [2.05, 4.69) is 0 Å². The van der Waals surface area contributed by atoms with Crippen molar-refractivity contribution < 1.29 is 4.92 Å². The quantitative estimate of drug-likeness (QED) is 0.637. The minimum Gasteiger partial charge on any atom is -0.307 e. The largest absolute Gasteiger partial charge is 0.307 e. The SMILES string of the molecule is CCCn1c(-c2ccc([N+](=O)[O-])cc2)ccc(C#N)c1=O. The van der Waals surface area contributed by atoms with E-state index in [4.69, 9.17) is 5.26 Å². The summed E-state index contributed by atoms with van der Waals surface area (Å²) in [6, 6.07) is 11.0. The molecule has 21 heavy (non-hydrogen) atoms. The van der Waals surface area contributed by atoms with Crippen LogP contribution in [0.3, 0.4) is 0 Å². The van der Waals surface area contributed by atoms with Crippen molar-refractivity contribution in [3.63, 3.8) is 0 Å². The van der Waals surface area contributed by atoms with Crippen LogP contribution in [0.25, 0.3) is 11.3 Å². The van der Waals surface area contributed by atoms with Crippen molar-refractivity contribution in [3.8, 4) is 17.3 Å². The standard InChI is InChI=1S/C15H13N3O3/c1-2-9-17-14(8-5-12(10-16)15(17)19)11-3-6-13(7-4-11)18(20)21/h3-8H,2,9H2,1H3. The van der Waals surface area contributed by atoms with Crippen LogP contribution in [0.2, 0.25) is 0 Å². The second-order valence-electron chi connectivity index (χ2n) is 4.50. The molecule has 1 aromatic heterocycles. The molecule has 0 saturated heterocycles. The molecular formula is C15H13N3O3. The van der Waals surface area contributed by atoms with E-state index in [-0.39, 0.29) is 16.8 Å². The summed E-state index contributed by atoms with van der Waals surface area (Å²) in [5.74, 6) is 0. The number of non-ortho nitro benzene ring substituents is 1. The van der Waals surface area contributed by atoms with Crippen LogP contribution < -0.4 is 5.56 Å². The lowest BCUT2D eigenvalue weighted by Gasteiger charge is -2.12. The second kappa shape index (κ2) is 6.01. The number of nitrogens with zero attached hydrogens (tertiary/aromatic N) is 3. The van der Waals surface area contributed by atoms with Gasteiger partial charge in [0.2, 0.25) is 0 Å².